The topological polar surface area (TPSA) is 63.2 Å². The first-order valence-electron chi connectivity index (χ1n) is 1.57. The van der Waals surface area contributed by atoms with Crippen LogP contribution in [0.25, 0.3) is 0 Å². The van der Waals surface area contributed by atoms with Crippen molar-refractivity contribution in [2.45, 2.75) is 6.92 Å². The Bertz CT molecular complexity index is 86.6. The molecule has 0 rings (SSSR count). The SMILES string of the molecule is CCP(=O)([O-])[O-].[Cl-].[Cl-].[Mg+2].[Mg+2]. The van der Waals surface area contributed by atoms with Crippen molar-refractivity contribution in [3.8, 4) is 0 Å². The summed E-state index contributed by atoms with van der Waals surface area (Å²) in [6, 6.07) is 0. The maximum Gasteiger partial charge on any atom is 2.00 e. The minimum Gasteiger partial charge on any atom is -1.00 e. The summed E-state index contributed by atoms with van der Waals surface area (Å²) in [7, 11) is -4.15. The molecule has 0 atom stereocenters. The Hall–Kier alpha value is 2.26. The maximum absolute atomic E-state index is 9.47. The molecule has 0 aromatic carbocycles. The van der Waals surface area contributed by atoms with E-state index in [1.807, 2.05) is 0 Å². The average molecular weight is 228 g/mol. The van der Waals surface area contributed by atoms with Crippen LogP contribution in [0.3, 0.4) is 0 Å². The molecule has 0 unspecified atom stereocenters. The summed E-state index contributed by atoms with van der Waals surface area (Å²) >= 11 is 0. The Kier molecular flexibility index (Phi) is 40.8. The van der Waals surface area contributed by atoms with Gasteiger partial charge in [0.15, 0.2) is 0 Å². The summed E-state index contributed by atoms with van der Waals surface area (Å²) in [5, 5.41) is 0. The molecule has 0 amide bonds. The van der Waals surface area contributed by atoms with Gasteiger partial charge in [-0.2, -0.15) is 0 Å². The van der Waals surface area contributed by atoms with Crippen LogP contribution in [0.5, 0.6) is 0 Å². The molecule has 0 saturated heterocycles. The Balaban J connectivity index is -0.0000000208. The predicted molar refractivity (Wildman–Crippen MR) is 29.7 cm³/mol. The molecule has 0 N–H and O–H groups in total. The molecule has 0 saturated carbocycles. The second kappa shape index (κ2) is 13.8. The van der Waals surface area contributed by atoms with Gasteiger partial charge < -0.3 is 39.2 Å². The van der Waals surface area contributed by atoms with E-state index in [0.29, 0.717) is 0 Å². The van der Waals surface area contributed by atoms with Crippen molar-refractivity contribution < 1.29 is 39.2 Å². The molecule has 3 nitrogen and oxygen atoms in total. The zero-order valence-electron chi connectivity index (χ0n) is 5.55. The first-order chi connectivity index (χ1) is 2.56. The third-order valence-corrected chi connectivity index (χ3v) is 1.16. The molecular formula is C2H5Cl2Mg2O3P. The summed E-state index contributed by atoms with van der Waals surface area (Å²) in [6.07, 6.45) is -0.285. The van der Waals surface area contributed by atoms with Gasteiger partial charge in [0.1, 0.15) is 0 Å². The van der Waals surface area contributed by atoms with E-state index in [4.69, 9.17) is 0 Å². The molecule has 0 aliphatic carbocycles. The fourth-order valence-electron chi connectivity index (χ4n) is 0. The molecule has 54 valence electrons. The monoisotopic (exact) mass is 226 g/mol. The number of hydrogen-bond acceptors (Lipinski definition) is 3. The van der Waals surface area contributed by atoms with Gasteiger partial charge in [-0.1, -0.05) is 14.5 Å². The summed E-state index contributed by atoms with van der Waals surface area (Å²) < 4.78 is 9.47. The van der Waals surface area contributed by atoms with Crippen molar-refractivity contribution >= 4 is 53.7 Å². The molecule has 8 heteroatoms. The van der Waals surface area contributed by atoms with Gasteiger partial charge in [0.25, 0.3) is 0 Å². The molecule has 10 heavy (non-hydrogen) atoms. The van der Waals surface area contributed by atoms with Crippen LogP contribution in [0.4, 0.5) is 0 Å². The summed E-state index contributed by atoms with van der Waals surface area (Å²) in [6.45, 7) is 1.32. The van der Waals surface area contributed by atoms with E-state index in [1.54, 1.807) is 0 Å². The van der Waals surface area contributed by atoms with Crippen LogP contribution in [0, 0.1) is 0 Å². The minimum absolute atomic E-state index is 0. The van der Waals surface area contributed by atoms with Crippen LogP contribution >= 0.6 is 7.60 Å². The Morgan fingerprint density at radius 3 is 1.30 bits per heavy atom. The molecule has 0 spiro atoms. The van der Waals surface area contributed by atoms with Crippen LogP contribution in [-0.4, -0.2) is 52.3 Å². The third kappa shape index (κ3) is 31.8. The van der Waals surface area contributed by atoms with E-state index in [0.717, 1.165) is 0 Å². The van der Waals surface area contributed by atoms with Gasteiger partial charge in [-0.05, 0) is 6.16 Å². The van der Waals surface area contributed by atoms with Crippen LogP contribution in [0.2, 0.25) is 0 Å². The van der Waals surface area contributed by atoms with E-state index >= 15 is 0 Å². The van der Waals surface area contributed by atoms with Gasteiger partial charge in [0.2, 0.25) is 0 Å². The van der Waals surface area contributed by atoms with Gasteiger partial charge in [-0.15, -0.1) is 0 Å². The summed E-state index contributed by atoms with van der Waals surface area (Å²) in [5.41, 5.74) is 0. The second-order valence-corrected chi connectivity index (χ2v) is 2.78. The quantitative estimate of drug-likeness (QED) is 0.330. The van der Waals surface area contributed by atoms with Crippen LogP contribution in [0.15, 0.2) is 0 Å². The van der Waals surface area contributed by atoms with Crippen LogP contribution in [-0.2, 0) is 4.57 Å². The van der Waals surface area contributed by atoms with Crippen molar-refractivity contribution in [3.05, 3.63) is 0 Å². The Labute approximate surface area is 105 Å². The van der Waals surface area contributed by atoms with Crippen molar-refractivity contribution in [3.63, 3.8) is 0 Å². The molecule has 0 aliphatic heterocycles. The Morgan fingerprint density at radius 1 is 1.20 bits per heavy atom. The number of rotatable bonds is 1. The molecular weight excluding hydrogens is 223 g/mol. The molecule has 0 aromatic heterocycles. The smallest absolute Gasteiger partial charge is 1.00 e. The van der Waals surface area contributed by atoms with Crippen molar-refractivity contribution in [2.75, 3.05) is 6.16 Å². The van der Waals surface area contributed by atoms with Gasteiger partial charge in [-0.3, -0.25) is 0 Å². The second-order valence-electron chi connectivity index (χ2n) is 0.927. The third-order valence-electron chi connectivity index (χ3n) is 0.387. The fourth-order valence-corrected chi connectivity index (χ4v) is 0. The van der Waals surface area contributed by atoms with Crippen LogP contribution in [0.1, 0.15) is 6.92 Å². The molecule has 0 aromatic rings. The first kappa shape index (κ1) is 29.5. The van der Waals surface area contributed by atoms with E-state index in [9.17, 15) is 14.4 Å². The van der Waals surface area contributed by atoms with Gasteiger partial charge in [0.05, 0.1) is 0 Å². The van der Waals surface area contributed by atoms with E-state index < -0.39 is 7.60 Å². The van der Waals surface area contributed by atoms with Gasteiger partial charge >= 0.3 is 46.1 Å². The standard InChI is InChI=1S/C2H7O3P.2ClH.2Mg/c1-2-6(3,4)5;;;;/h2H2,1H3,(H2,3,4,5);2*1H;;/q;;;2*+2/p-4. The molecule has 0 heterocycles. The molecule has 0 radical (unpaired) electrons. The molecule has 0 bridgehead atoms. The Morgan fingerprint density at radius 2 is 1.30 bits per heavy atom. The van der Waals surface area contributed by atoms with E-state index in [-0.39, 0.29) is 77.1 Å². The fraction of sp³-hybridized carbons (Fsp3) is 1.00. The zero-order chi connectivity index (χ0) is 5.21. The largest absolute Gasteiger partial charge is 2.00 e. The van der Waals surface area contributed by atoms with Crippen molar-refractivity contribution in [1.29, 1.82) is 0 Å². The van der Waals surface area contributed by atoms with Gasteiger partial charge in [0, 0.05) is 0 Å². The van der Waals surface area contributed by atoms with Crippen LogP contribution < -0.4 is 34.6 Å². The van der Waals surface area contributed by atoms with E-state index in [2.05, 4.69) is 0 Å². The zero-order valence-corrected chi connectivity index (χ0v) is 10.8. The normalized spacial score (nSPS) is 7.10. The number of halogens is 2. The minimum atomic E-state index is -4.15. The molecule has 0 fully saturated rings. The predicted octanol–water partition coefficient (Wildman–Crippen LogP) is -7.83. The first-order valence-corrected chi connectivity index (χ1v) is 3.30. The van der Waals surface area contributed by atoms with E-state index in [1.165, 1.54) is 6.92 Å². The molecule has 0 aliphatic rings. The number of hydrogen-bond donors (Lipinski definition) is 0. The summed E-state index contributed by atoms with van der Waals surface area (Å²) in [4.78, 5) is 18.9. The van der Waals surface area contributed by atoms with Gasteiger partial charge in [-0.25, -0.2) is 0 Å². The average Bonchev–Trinajstić information content (AvgIpc) is 1.35. The maximum atomic E-state index is 9.47. The summed E-state index contributed by atoms with van der Waals surface area (Å²) in [5.74, 6) is 0. The van der Waals surface area contributed by atoms with Crippen molar-refractivity contribution in [2.24, 2.45) is 0 Å². The van der Waals surface area contributed by atoms with Crippen molar-refractivity contribution in [1.82, 2.24) is 0 Å².